The summed E-state index contributed by atoms with van der Waals surface area (Å²) in [5.74, 6) is 0.563. The van der Waals surface area contributed by atoms with E-state index in [0.29, 0.717) is 18.8 Å². The van der Waals surface area contributed by atoms with Crippen LogP contribution in [0.15, 0.2) is 36.3 Å². The quantitative estimate of drug-likeness (QED) is 0.525. The van der Waals surface area contributed by atoms with Crippen LogP contribution in [0.1, 0.15) is 64.2 Å². The Morgan fingerprint density at radius 1 is 1.22 bits per heavy atom. The molecule has 2 aliphatic rings. The van der Waals surface area contributed by atoms with Crippen LogP contribution in [0.5, 0.6) is 0 Å². The third-order valence-corrected chi connectivity index (χ3v) is 6.20. The molecule has 8 heteroatoms. The molecule has 0 unspecified atom stereocenters. The van der Waals surface area contributed by atoms with Crippen molar-refractivity contribution >= 4 is 12.0 Å². The van der Waals surface area contributed by atoms with Crippen molar-refractivity contribution in [2.45, 2.75) is 58.5 Å². The Hall–Kier alpha value is -3.42. The molecule has 1 fully saturated rings. The van der Waals surface area contributed by atoms with Crippen LogP contribution in [-0.2, 0) is 25.9 Å². The number of nitrogens with one attached hydrogen (secondary N) is 1. The summed E-state index contributed by atoms with van der Waals surface area (Å²) in [5, 5.41) is 19.8. The number of pyridine rings is 1. The first-order chi connectivity index (χ1) is 15.7. The van der Waals surface area contributed by atoms with Crippen molar-refractivity contribution in [1.82, 2.24) is 35.5 Å². The molecule has 1 amide bonds. The third-order valence-electron chi connectivity index (χ3n) is 6.20. The molecular weight excluding hydrogens is 402 g/mol. The van der Waals surface area contributed by atoms with Gasteiger partial charge in [0.1, 0.15) is 0 Å². The Labute approximate surface area is 187 Å². The molecule has 0 radical (unpaired) electrons. The van der Waals surface area contributed by atoms with Gasteiger partial charge in [0.25, 0.3) is 5.91 Å². The van der Waals surface area contributed by atoms with Crippen LogP contribution in [0.2, 0.25) is 0 Å². The summed E-state index contributed by atoms with van der Waals surface area (Å²) in [4.78, 5) is 16.5. The molecule has 0 spiro atoms. The van der Waals surface area contributed by atoms with Gasteiger partial charge in [-0.05, 0) is 73.8 Å². The fraction of sp³-hybridized carbons (Fsp3) is 0.417. The highest BCUT2D eigenvalue weighted by Gasteiger charge is 2.29. The Kier molecular flexibility index (Phi) is 5.75. The molecule has 3 aromatic rings. The number of hydrogen-bond donors (Lipinski definition) is 1. The van der Waals surface area contributed by atoms with E-state index in [1.54, 1.807) is 23.3 Å². The minimum absolute atomic E-state index is 0.230. The van der Waals surface area contributed by atoms with E-state index >= 15 is 0 Å². The minimum Gasteiger partial charge on any atom is -0.346 e. The number of allylic oxidation sites excluding steroid dienone is 1. The molecule has 5 rings (SSSR count). The first kappa shape index (κ1) is 20.5. The summed E-state index contributed by atoms with van der Waals surface area (Å²) >= 11 is 0. The molecule has 32 heavy (non-hydrogen) atoms. The summed E-state index contributed by atoms with van der Waals surface area (Å²) in [7, 11) is 0. The lowest BCUT2D eigenvalue weighted by Gasteiger charge is -2.05. The molecule has 1 saturated carbocycles. The third kappa shape index (κ3) is 4.74. The molecule has 164 valence electrons. The summed E-state index contributed by atoms with van der Waals surface area (Å²) in [6.07, 6.45) is 14.0. The normalized spacial score (nSPS) is 14.8. The summed E-state index contributed by atoms with van der Waals surface area (Å²) in [5.41, 5.74) is 7.37. The van der Waals surface area contributed by atoms with Gasteiger partial charge in [-0.2, -0.15) is 10.2 Å². The van der Waals surface area contributed by atoms with Crippen LogP contribution >= 0.6 is 0 Å². The lowest BCUT2D eigenvalue weighted by atomic mass is 10.1. The first-order valence-electron chi connectivity index (χ1n) is 11.3. The lowest BCUT2D eigenvalue weighted by molar-refractivity contribution is 0.0945. The zero-order valence-electron chi connectivity index (χ0n) is 18.3. The second kappa shape index (κ2) is 8.98. The van der Waals surface area contributed by atoms with Crippen molar-refractivity contribution in [1.29, 1.82) is 0 Å². The van der Waals surface area contributed by atoms with E-state index in [-0.39, 0.29) is 5.91 Å². The van der Waals surface area contributed by atoms with Crippen LogP contribution in [-0.4, -0.2) is 36.1 Å². The molecule has 3 aromatic heterocycles. The molecule has 3 heterocycles. The largest absolute Gasteiger partial charge is 0.346 e. The predicted octanol–water partition coefficient (Wildman–Crippen LogP) is 3.07. The molecule has 0 aliphatic heterocycles. The van der Waals surface area contributed by atoms with Gasteiger partial charge in [0, 0.05) is 31.9 Å². The second-order valence-electron chi connectivity index (χ2n) is 8.72. The molecule has 0 aromatic carbocycles. The van der Waals surface area contributed by atoms with Crippen molar-refractivity contribution < 1.29 is 4.79 Å². The zero-order valence-corrected chi connectivity index (χ0v) is 18.3. The number of carbonyl (C=O) groups is 1. The van der Waals surface area contributed by atoms with Crippen molar-refractivity contribution in [2.75, 3.05) is 0 Å². The Bertz CT molecular complexity index is 1160. The van der Waals surface area contributed by atoms with Crippen LogP contribution in [0.4, 0.5) is 0 Å². The molecule has 0 bridgehead atoms. The van der Waals surface area contributed by atoms with Gasteiger partial charge in [0.15, 0.2) is 5.69 Å². The molecule has 8 nitrogen and oxygen atoms in total. The van der Waals surface area contributed by atoms with Crippen molar-refractivity contribution in [2.24, 2.45) is 5.92 Å². The predicted molar refractivity (Wildman–Crippen MR) is 120 cm³/mol. The standard InChI is InChI=1S/C24H27N7O/c1-16-7-8-25-13-20(16)14-26-24(32)23-15-31(30-29-23)9-3-2-4-21-11-19-10-18(17-5-6-17)12-22(19)28-27-21/h7-8,10-11,13,15,17H,2-6,9,12,14H2,1H3,(H,26,32). The maximum absolute atomic E-state index is 12.4. The number of carbonyl (C=O) groups excluding carboxylic acids is 1. The molecule has 1 N–H and O–H groups in total. The van der Waals surface area contributed by atoms with Gasteiger partial charge in [-0.25, -0.2) is 0 Å². The van der Waals surface area contributed by atoms with Gasteiger partial charge in [0.05, 0.1) is 17.6 Å². The topological polar surface area (TPSA) is 98.5 Å². The van der Waals surface area contributed by atoms with Gasteiger partial charge in [-0.3, -0.25) is 14.5 Å². The number of aryl methyl sites for hydroxylation is 3. The van der Waals surface area contributed by atoms with E-state index in [1.165, 1.54) is 24.0 Å². The second-order valence-corrected chi connectivity index (χ2v) is 8.72. The van der Waals surface area contributed by atoms with Gasteiger partial charge >= 0.3 is 0 Å². The number of hydrogen-bond acceptors (Lipinski definition) is 6. The van der Waals surface area contributed by atoms with Gasteiger partial charge < -0.3 is 5.32 Å². The number of unbranched alkanes of at least 4 members (excludes halogenated alkanes) is 1. The van der Waals surface area contributed by atoms with Crippen molar-refractivity contribution in [3.05, 3.63) is 70.1 Å². The van der Waals surface area contributed by atoms with Gasteiger partial charge in [-0.1, -0.05) is 16.9 Å². The summed E-state index contributed by atoms with van der Waals surface area (Å²) < 4.78 is 1.73. The minimum atomic E-state index is -0.230. The van der Waals surface area contributed by atoms with Crippen molar-refractivity contribution in [3.8, 4) is 0 Å². The Morgan fingerprint density at radius 2 is 2.12 bits per heavy atom. The van der Waals surface area contributed by atoms with E-state index < -0.39 is 0 Å². The summed E-state index contributed by atoms with van der Waals surface area (Å²) in [6.45, 7) is 3.13. The van der Waals surface area contributed by atoms with E-state index in [4.69, 9.17) is 0 Å². The number of nitrogens with zero attached hydrogens (tertiary/aromatic N) is 6. The highest BCUT2D eigenvalue weighted by atomic mass is 16.2. The maximum Gasteiger partial charge on any atom is 0.273 e. The molecule has 0 atom stereocenters. The molecule has 2 aliphatic carbocycles. The van der Waals surface area contributed by atoms with Crippen LogP contribution in [0, 0.1) is 12.8 Å². The lowest BCUT2D eigenvalue weighted by Crippen LogP contribution is -2.23. The van der Waals surface area contributed by atoms with E-state index in [0.717, 1.165) is 54.1 Å². The fourth-order valence-electron chi connectivity index (χ4n) is 4.06. The fourth-order valence-corrected chi connectivity index (χ4v) is 4.06. The number of rotatable bonds is 9. The average Bonchev–Trinajstić information content (AvgIpc) is 3.39. The van der Waals surface area contributed by atoms with Crippen LogP contribution in [0.25, 0.3) is 6.08 Å². The highest BCUT2D eigenvalue weighted by molar-refractivity contribution is 5.91. The smallest absolute Gasteiger partial charge is 0.273 e. The first-order valence-corrected chi connectivity index (χ1v) is 11.3. The Morgan fingerprint density at radius 3 is 2.97 bits per heavy atom. The van der Waals surface area contributed by atoms with E-state index in [2.05, 4.69) is 43.0 Å². The maximum atomic E-state index is 12.4. The van der Waals surface area contributed by atoms with Crippen LogP contribution < -0.4 is 5.32 Å². The number of aromatic nitrogens is 6. The molecule has 0 saturated heterocycles. The van der Waals surface area contributed by atoms with E-state index in [1.807, 2.05) is 13.0 Å². The number of fused-ring (bicyclic) bond motifs is 1. The van der Waals surface area contributed by atoms with E-state index in [9.17, 15) is 4.79 Å². The SMILES string of the molecule is Cc1ccncc1CNC(=O)c1cn(CCCCc2cc3c(nn2)CC(C2CC2)=C3)nn1. The van der Waals surface area contributed by atoms with Gasteiger partial charge in [-0.15, -0.1) is 5.10 Å². The average molecular weight is 430 g/mol. The van der Waals surface area contributed by atoms with Gasteiger partial charge in [0.2, 0.25) is 0 Å². The van der Waals surface area contributed by atoms with Crippen molar-refractivity contribution in [3.63, 3.8) is 0 Å². The summed E-state index contributed by atoms with van der Waals surface area (Å²) in [6, 6.07) is 4.12. The molecular formula is C24H27N7O. The monoisotopic (exact) mass is 429 g/mol. The van der Waals surface area contributed by atoms with Crippen LogP contribution in [0.3, 0.4) is 0 Å². The Balaban J connectivity index is 1.07. The highest BCUT2D eigenvalue weighted by Crippen LogP contribution is 2.41. The number of amides is 1. The zero-order chi connectivity index (χ0) is 21.9.